The van der Waals surface area contributed by atoms with Crippen LogP contribution < -0.4 is 16.0 Å². The number of nitrogens with one attached hydrogen (secondary N) is 2. The summed E-state index contributed by atoms with van der Waals surface area (Å²) in [6, 6.07) is 17.8. The molecule has 2 aromatic rings. The normalized spacial score (nSPS) is 15.7. The van der Waals surface area contributed by atoms with E-state index in [1.165, 1.54) is 22.2 Å². The predicted molar refractivity (Wildman–Crippen MR) is 117 cm³/mol. The fraction of sp³-hybridized carbons (Fsp3) is 0.364. The third-order valence-corrected chi connectivity index (χ3v) is 6.17. The molecule has 2 amide bonds. The summed E-state index contributed by atoms with van der Waals surface area (Å²) < 4.78 is 0. The van der Waals surface area contributed by atoms with E-state index < -0.39 is 0 Å². The Bertz CT molecular complexity index is 823. The van der Waals surface area contributed by atoms with Crippen LogP contribution in [0.4, 0.5) is 5.69 Å². The number of amides is 2. The number of piperazine rings is 1. The van der Waals surface area contributed by atoms with Gasteiger partial charge in [-0.05, 0) is 19.1 Å². The van der Waals surface area contributed by atoms with E-state index in [-0.39, 0.29) is 23.6 Å². The van der Waals surface area contributed by atoms with E-state index in [4.69, 9.17) is 5.73 Å². The zero-order chi connectivity index (χ0) is 20.6. The van der Waals surface area contributed by atoms with Crippen LogP contribution in [0, 0.1) is 0 Å². The molecule has 1 atom stereocenters. The lowest BCUT2D eigenvalue weighted by Gasteiger charge is -2.34. The van der Waals surface area contributed by atoms with Crippen LogP contribution in [-0.4, -0.2) is 54.7 Å². The number of anilines is 1. The molecule has 0 aromatic heterocycles. The van der Waals surface area contributed by atoms with E-state index in [0.717, 1.165) is 43.3 Å². The molecule has 1 saturated heterocycles. The third-order valence-electron chi connectivity index (χ3n) is 5.08. The summed E-state index contributed by atoms with van der Waals surface area (Å²) >= 11 is 1.38. The van der Waals surface area contributed by atoms with E-state index in [1.54, 1.807) is 0 Å². The monoisotopic (exact) mass is 413 g/mol. The molecular formula is C22H29N4O2S+. The second-order valence-corrected chi connectivity index (χ2v) is 8.37. The van der Waals surface area contributed by atoms with E-state index in [0.29, 0.717) is 0 Å². The van der Waals surface area contributed by atoms with Gasteiger partial charge in [-0.2, -0.15) is 0 Å². The molecule has 3 rings (SSSR count). The van der Waals surface area contributed by atoms with E-state index in [1.807, 2.05) is 42.2 Å². The average molecular weight is 414 g/mol. The topological polar surface area (TPSA) is 79.9 Å². The molecule has 2 aromatic carbocycles. The van der Waals surface area contributed by atoms with Gasteiger partial charge in [0.05, 0.1) is 31.9 Å². The lowest BCUT2D eigenvalue weighted by molar-refractivity contribution is -0.917. The standard InChI is InChI=1S/C22H28N4O2S/c1-17(24-19-9-5-6-10-20(19)29-16-21(23)27)22(28)26-13-11-25(12-14-26)15-18-7-3-2-4-8-18/h2-10,17,24H,11-16H2,1H3,(H2,23,27)/p+1/t17-/m0/s1. The van der Waals surface area contributed by atoms with Gasteiger partial charge in [-0.25, -0.2) is 0 Å². The van der Waals surface area contributed by atoms with Gasteiger partial charge in [0, 0.05) is 16.1 Å². The Morgan fingerprint density at radius 3 is 2.45 bits per heavy atom. The molecule has 1 fully saturated rings. The minimum atomic E-state index is -0.357. The van der Waals surface area contributed by atoms with Gasteiger partial charge in [-0.3, -0.25) is 9.59 Å². The SMILES string of the molecule is C[C@H](Nc1ccccc1SCC(N)=O)C(=O)N1CC[NH+](Cc2ccccc2)CC1. The minimum absolute atomic E-state index is 0.110. The molecule has 0 spiro atoms. The van der Waals surface area contributed by atoms with Crippen molar-refractivity contribution >= 4 is 29.3 Å². The van der Waals surface area contributed by atoms with Crippen molar-refractivity contribution in [1.82, 2.24) is 4.90 Å². The van der Waals surface area contributed by atoms with Crippen molar-refractivity contribution in [2.45, 2.75) is 24.4 Å². The third kappa shape index (κ3) is 6.24. The molecule has 6 nitrogen and oxygen atoms in total. The Morgan fingerprint density at radius 1 is 1.10 bits per heavy atom. The molecule has 7 heteroatoms. The number of nitrogens with two attached hydrogens (primary N) is 1. The average Bonchev–Trinajstić information content (AvgIpc) is 2.74. The van der Waals surface area contributed by atoms with Crippen LogP contribution in [0.15, 0.2) is 59.5 Å². The fourth-order valence-electron chi connectivity index (χ4n) is 3.53. The summed E-state index contributed by atoms with van der Waals surface area (Å²) in [5.74, 6) is -0.0315. The van der Waals surface area contributed by atoms with Crippen LogP contribution in [0.1, 0.15) is 12.5 Å². The van der Waals surface area contributed by atoms with Gasteiger partial charge >= 0.3 is 0 Å². The molecule has 154 valence electrons. The van der Waals surface area contributed by atoms with Crippen molar-refractivity contribution in [3.05, 3.63) is 60.2 Å². The predicted octanol–water partition coefficient (Wildman–Crippen LogP) is 0.992. The van der Waals surface area contributed by atoms with Crippen LogP contribution in [0.5, 0.6) is 0 Å². The summed E-state index contributed by atoms with van der Waals surface area (Å²) in [6.07, 6.45) is 0. The number of hydrogen-bond donors (Lipinski definition) is 3. The summed E-state index contributed by atoms with van der Waals surface area (Å²) in [4.78, 5) is 28.4. The smallest absolute Gasteiger partial charge is 0.245 e. The fourth-order valence-corrected chi connectivity index (χ4v) is 4.29. The zero-order valence-electron chi connectivity index (χ0n) is 16.8. The first kappa shape index (κ1) is 21.2. The first-order chi connectivity index (χ1) is 14.0. The van der Waals surface area contributed by atoms with Crippen molar-refractivity contribution < 1.29 is 14.5 Å². The molecule has 1 aliphatic rings. The van der Waals surface area contributed by atoms with E-state index in [9.17, 15) is 9.59 Å². The van der Waals surface area contributed by atoms with Crippen molar-refractivity contribution in [3.63, 3.8) is 0 Å². The van der Waals surface area contributed by atoms with Gasteiger partial charge in [0.1, 0.15) is 12.6 Å². The number of para-hydroxylation sites is 1. The molecule has 0 saturated carbocycles. The highest BCUT2D eigenvalue weighted by Gasteiger charge is 2.27. The van der Waals surface area contributed by atoms with Crippen molar-refractivity contribution in [2.75, 3.05) is 37.2 Å². The van der Waals surface area contributed by atoms with Crippen molar-refractivity contribution in [3.8, 4) is 0 Å². The van der Waals surface area contributed by atoms with Crippen molar-refractivity contribution in [1.29, 1.82) is 0 Å². The molecule has 0 bridgehead atoms. The summed E-state index contributed by atoms with van der Waals surface area (Å²) in [5.41, 5.74) is 7.44. The highest BCUT2D eigenvalue weighted by Crippen LogP contribution is 2.27. The number of primary amides is 1. The maximum atomic E-state index is 12.9. The maximum Gasteiger partial charge on any atom is 0.245 e. The summed E-state index contributed by atoms with van der Waals surface area (Å²) in [6.45, 7) is 6.34. The molecule has 1 heterocycles. The first-order valence-corrected chi connectivity index (χ1v) is 10.9. The van der Waals surface area contributed by atoms with Gasteiger partial charge in [0.15, 0.2) is 0 Å². The molecule has 4 N–H and O–H groups in total. The number of carbonyl (C=O) groups is 2. The van der Waals surface area contributed by atoms with Gasteiger partial charge in [0.25, 0.3) is 0 Å². The highest BCUT2D eigenvalue weighted by molar-refractivity contribution is 8.00. The quantitative estimate of drug-likeness (QED) is 0.564. The first-order valence-electron chi connectivity index (χ1n) is 9.96. The number of carbonyl (C=O) groups excluding carboxylic acids is 2. The van der Waals surface area contributed by atoms with Crippen LogP contribution in [0.3, 0.4) is 0 Å². The second kappa shape index (κ2) is 10.3. The number of nitrogens with zero attached hydrogens (tertiary/aromatic N) is 1. The van der Waals surface area contributed by atoms with Gasteiger partial charge in [-0.15, -0.1) is 11.8 Å². The Hall–Kier alpha value is -2.51. The van der Waals surface area contributed by atoms with E-state index in [2.05, 4.69) is 29.6 Å². The number of quaternary nitrogens is 1. The van der Waals surface area contributed by atoms with Crippen LogP contribution in [0.25, 0.3) is 0 Å². The van der Waals surface area contributed by atoms with Gasteiger partial charge in [0.2, 0.25) is 11.8 Å². The number of thioether (sulfide) groups is 1. The maximum absolute atomic E-state index is 12.9. The molecule has 29 heavy (non-hydrogen) atoms. The van der Waals surface area contributed by atoms with Crippen LogP contribution in [0.2, 0.25) is 0 Å². The largest absolute Gasteiger partial charge is 0.373 e. The van der Waals surface area contributed by atoms with E-state index >= 15 is 0 Å². The summed E-state index contributed by atoms with van der Waals surface area (Å²) in [5, 5.41) is 3.31. The molecular weight excluding hydrogens is 384 g/mol. The number of rotatable bonds is 8. The van der Waals surface area contributed by atoms with Crippen molar-refractivity contribution in [2.24, 2.45) is 5.73 Å². The van der Waals surface area contributed by atoms with Gasteiger partial charge in [-0.1, -0.05) is 42.5 Å². The minimum Gasteiger partial charge on any atom is -0.373 e. The molecule has 0 unspecified atom stereocenters. The zero-order valence-corrected chi connectivity index (χ0v) is 17.6. The number of benzene rings is 2. The molecule has 0 radical (unpaired) electrons. The van der Waals surface area contributed by atoms with Gasteiger partial charge < -0.3 is 20.9 Å². The lowest BCUT2D eigenvalue weighted by Crippen LogP contribution is -3.13. The van der Waals surface area contributed by atoms with Crippen LogP contribution in [-0.2, 0) is 16.1 Å². The second-order valence-electron chi connectivity index (χ2n) is 7.35. The molecule has 0 aliphatic carbocycles. The molecule has 1 aliphatic heterocycles. The Balaban J connectivity index is 1.52. The summed E-state index contributed by atoms with van der Waals surface area (Å²) in [7, 11) is 0. The Kier molecular flexibility index (Phi) is 7.55. The lowest BCUT2D eigenvalue weighted by atomic mass is 10.2. The Morgan fingerprint density at radius 2 is 1.76 bits per heavy atom. The number of hydrogen-bond acceptors (Lipinski definition) is 4. The highest BCUT2D eigenvalue weighted by atomic mass is 32.2. The Labute approximate surface area is 176 Å². The van der Waals surface area contributed by atoms with Crippen LogP contribution >= 0.6 is 11.8 Å².